The average Bonchev–Trinajstić information content (AvgIpc) is 3.83. The van der Waals surface area contributed by atoms with Gasteiger partial charge in [0.15, 0.2) is 0 Å². The van der Waals surface area contributed by atoms with Gasteiger partial charge >= 0.3 is 27.8 Å². The summed E-state index contributed by atoms with van der Waals surface area (Å²) >= 11 is 0. The van der Waals surface area contributed by atoms with Gasteiger partial charge in [-0.05, 0) is 141 Å². The van der Waals surface area contributed by atoms with Gasteiger partial charge in [-0.15, -0.1) is 0 Å². The van der Waals surface area contributed by atoms with Gasteiger partial charge in [-0.2, -0.15) is 21.6 Å². The predicted molar refractivity (Wildman–Crippen MR) is 227 cm³/mol. The van der Waals surface area contributed by atoms with E-state index in [1.165, 1.54) is 12.1 Å². The van der Waals surface area contributed by atoms with Crippen molar-refractivity contribution in [2.45, 2.75) is 132 Å². The van der Waals surface area contributed by atoms with Crippen LogP contribution in [0.4, 0.5) is 22.8 Å². The van der Waals surface area contributed by atoms with E-state index >= 15 is 0 Å². The number of piperidine rings is 2. The number of phenolic OH excluding ortho intramolecular Hbond substituents is 1. The molecule has 6 saturated heterocycles. The van der Waals surface area contributed by atoms with Crippen molar-refractivity contribution in [3.05, 3.63) is 59.7 Å². The zero-order valence-electron chi connectivity index (χ0n) is 37.2. The maximum atomic E-state index is 12.8. The van der Waals surface area contributed by atoms with Gasteiger partial charge in [0, 0.05) is 12.1 Å². The fraction of sp³-hybridized carbons (Fsp3) is 0.689. The maximum Gasteiger partial charge on any atom is 0.534 e. The molecular weight excluding hydrogens is 846 g/mol. The molecule has 2 atom stereocenters. The first kappa shape index (κ1) is 47.1. The topological polar surface area (TPSA) is 148 Å². The third-order valence-electron chi connectivity index (χ3n) is 12.9. The summed E-state index contributed by atoms with van der Waals surface area (Å²) in [6.07, 6.45) is 4.61. The molecule has 2 spiro atoms. The van der Waals surface area contributed by atoms with Crippen LogP contribution in [0.5, 0.6) is 11.5 Å². The molecule has 2 amide bonds. The van der Waals surface area contributed by atoms with Gasteiger partial charge in [-0.3, -0.25) is 9.80 Å². The van der Waals surface area contributed by atoms with E-state index in [0.717, 1.165) is 50.9 Å². The van der Waals surface area contributed by atoms with Crippen LogP contribution in [0.2, 0.25) is 0 Å². The second-order valence-electron chi connectivity index (χ2n) is 20.1. The molecule has 2 aromatic rings. The van der Waals surface area contributed by atoms with Crippen molar-refractivity contribution in [1.82, 2.24) is 19.6 Å². The first-order chi connectivity index (χ1) is 29.4. The lowest BCUT2D eigenvalue weighted by Crippen LogP contribution is -2.64. The fourth-order valence-electron chi connectivity index (χ4n) is 9.80. The summed E-state index contributed by atoms with van der Waals surface area (Å²) in [4.78, 5) is 32.6. The molecule has 6 heterocycles. The molecule has 0 aliphatic carbocycles. The normalized spacial score (nSPS) is 24.7. The van der Waals surface area contributed by atoms with Crippen LogP contribution in [0.3, 0.4) is 0 Å². The Bertz CT molecular complexity index is 2050. The van der Waals surface area contributed by atoms with Crippen molar-refractivity contribution in [2.24, 2.45) is 0 Å². The largest absolute Gasteiger partial charge is 0.534 e. The molecular formula is C45H63F3N4O10S. The van der Waals surface area contributed by atoms with Gasteiger partial charge < -0.3 is 38.0 Å². The summed E-state index contributed by atoms with van der Waals surface area (Å²) in [5, 5.41) is 10.1. The first-order valence-corrected chi connectivity index (χ1v) is 23.4. The number of likely N-dealkylation sites (tertiary alicyclic amines) is 4. The van der Waals surface area contributed by atoms with Gasteiger partial charge in [0.25, 0.3) is 0 Å². The first-order valence-electron chi connectivity index (χ1n) is 22.0. The molecule has 0 saturated carbocycles. The Kier molecular flexibility index (Phi) is 13.4. The van der Waals surface area contributed by atoms with Crippen LogP contribution >= 0.6 is 0 Å². The number of aromatic hydroxyl groups is 1. The Morgan fingerprint density at radius 2 is 1.06 bits per heavy atom. The van der Waals surface area contributed by atoms with E-state index < -0.39 is 26.8 Å². The summed E-state index contributed by atoms with van der Waals surface area (Å²) in [5.41, 5.74) is -5.50. The summed E-state index contributed by atoms with van der Waals surface area (Å²) in [5.74, 6) is 0.456. The monoisotopic (exact) mass is 908 g/mol. The number of carbonyl (C=O) groups is 2. The average molecular weight is 909 g/mol. The van der Waals surface area contributed by atoms with Crippen molar-refractivity contribution in [1.29, 1.82) is 0 Å². The van der Waals surface area contributed by atoms with E-state index in [-0.39, 0.29) is 41.1 Å². The van der Waals surface area contributed by atoms with E-state index in [4.69, 9.17) is 18.9 Å². The highest BCUT2D eigenvalue weighted by atomic mass is 32.2. The number of ether oxygens (including phenoxy) is 4. The molecule has 6 aliphatic heterocycles. The molecule has 1 N–H and O–H groups in total. The highest BCUT2D eigenvalue weighted by Crippen LogP contribution is 2.43. The maximum absolute atomic E-state index is 12.8. The molecule has 14 nitrogen and oxygen atoms in total. The van der Waals surface area contributed by atoms with Crippen LogP contribution in [-0.2, 0) is 29.1 Å². The molecule has 0 bridgehead atoms. The molecule has 2 aromatic carbocycles. The third kappa shape index (κ3) is 11.2. The summed E-state index contributed by atoms with van der Waals surface area (Å²) in [7, 11) is -5.73. The van der Waals surface area contributed by atoms with Crippen LogP contribution in [0.25, 0.3) is 0 Å². The molecule has 18 heteroatoms. The molecule has 6 fully saturated rings. The SMILES string of the molecule is CC(C)(C)OC(=O)N1CC2(C[C@H](N3CCC(c4ccccc4O)CC3)CO2)C1.CC(C)(C)OC(=O)N1CC2(C[C@H](N3CCC(c4ccccc4OS(=O)(=O)C(F)(F)F)CC3)CO2)C1. The van der Waals surface area contributed by atoms with Gasteiger partial charge in [0.2, 0.25) is 0 Å². The van der Waals surface area contributed by atoms with Crippen molar-refractivity contribution < 1.29 is 59.4 Å². The van der Waals surface area contributed by atoms with Crippen LogP contribution in [0.1, 0.15) is 103 Å². The number of hydrogen-bond donors (Lipinski definition) is 1. The van der Waals surface area contributed by atoms with Crippen molar-refractivity contribution in [3.8, 4) is 11.5 Å². The Morgan fingerprint density at radius 3 is 1.48 bits per heavy atom. The lowest BCUT2D eigenvalue weighted by atomic mass is 9.86. The van der Waals surface area contributed by atoms with Crippen molar-refractivity contribution in [2.75, 3.05) is 65.6 Å². The Labute approximate surface area is 369 Å². The zero-order valence-corrected chi connectivity index (χ0v) is 38.0. The smallest absolute Gasteiger partial charge is 0.508 e. The molecule has 63 heavy (non-hydrogen) atoms. The molecule has 6 aliphatic rings. The highest BCUT2D eigenvalue weighted by Gasteiger charge is 2.55. The summed E-state index contributed by atoms with van der Waals surface area (Å²) in [6, 6.07) is 14.3. The van der Waals surface area contributed by atoms with E-state index in [9.17, 15) is 36.3 Å². The van der Waals surface area contributed by atoms with E-state index in [1.807, 2.05) is 59.7 Å². The number of phenols is 1. The van der Waals surface area contributed by atoms with Crippen molar-refractivity contribution >= 4 is 22.3 Å². The lowest BCUT2D eigenvalue weighted by Gasteiger charge is -2.47. The van der Waals surface area contributed by atoms with Crippen LogP contribution < -0.4 is 4.18 Å². The zero-order chi connectivity index (χ0) is 45.6. The number of rotatable bonds is 6. The second kappa shape index (κ2) is 17.9. The van der Waals surface area contributed by atoms with E-state index in [1.54, 1.807) is 28.0 Å². The number of alkyl halides is 3. The molecule has 0 aromatic heterocycles. The quantitative estimate of drug-likeness (QED) is 0.231. The highest BCUT2D eigenvalue weighted by molar-refractivity contribution is 7.88. The standard InChI is InChI=1S/C23H31F3N2O6S.C22H32N2O4/c1-21(2,3)33-20(29)28-14-22(15-28)12-17(13-32-22)27-10-8-16(9-11-27)18-6-4-5-7-19(18)34-35(30,31)23(24,25)26;1-21(2,3)28-20(26)24-14-22(15-24)12-17(13-27-22)23-10-8-16(9-11-23)18-6-4-5-7-19(18)25/h4-7,16-17H,8-15H2,1-3H3;4-7,16-17,25H,8-15H2,1-3H3/t2*17-/m00/s1. The number of benzene rings is 2. The Hall–Kier alpha value is -3.84. The Morgan fingerprint density at radius 1 is 0.667 bits per heavy atom. The second-order valence-corrected chi connectivity index (χ2v) is 21.6. The number of nitrogens with zero attached hydrogens (tertiary/aromatic N) is 4. The number of hydrogen-bond acceptors (Lipinski definition) is 12. The molecule has 8 rings (SSSR count). The van der Waals surface area contributed by atoms with Gasteiger partial charge in [-0.25, -0.2) is 9.59 Å². The molecule has 0 unspecified atom stereocenters. The minimum Gasteiger partial charge on any atom is -0.508 e. The minimum atomic E-state index is -5.73. The predicted octanol–water partition coefficient (Wildman–Crippen LogP) is 7.22. The number of para-hydroxylation sites is 2. The van der Waals surface area contributed by atoms with Crippen LogP contribution in [0.15, 0.2) is 48.5 Å². The van der Waals surface area contributed by atoms with E-state index in [0.29, 0.717) is 82.0 Å². The van der Waals surface area contributed by atoms with E-state index in [2.05, 4.69) is 14.0 Å². The Balaban J connectivity index is 0.000000193. The fourth-order valence-corrected chi connectivity index (χ4v) is 10.3. The molecule has 0 radical (unpaired) electrons. The number of amides is 2. The van der Waals surface area contributed by atoms with Gasteiger partial charge in [-0.1, -0.05) is 36.4 Å². The lowest BCUT2D eigenvalue weighted by molar-refractivity contribution is -0.109. The summed E-state index contributed by atoms with van der Waals surface area (Å²) < 4.78 is 89.0. The van der Waals surface area contributed by atoms with Crippen LogP contribution in [0, 0.1) is 0 Å². The van der Waals surface area contributed by atoms with Gasteiger partial charge in [0.1, 0.15) is 33.9 Å². The number of carbonyl (C=O) groups excluding carboxylic acids is 2. The van der Waals surface area contributed by atoms with Crippen molar-refractivity contribution in [3.63, 3.8) is 0 Å². The minimum absolute atomic E-state index is 0.117. The summed E-state index contributed by atoms with van der Waals surface area (Å²) in [6.45, 7) is 18.1. The van der Waals surface area contributed by atoms with Crippen LogP contribution in [-0.4, -0.2) is 151 Å². The molecule has 350 valence electrons. The number of halogens is 3. The third-order valence-corrected chi connectivity index (χ3v) is 13.9. The van der Waals surface area contributed by atoms with Gasteiger partial charge in [0.05, 0.1) is 39.4 Å².